The molecule has 0 spiro atoms. The van der Waals surface area contributed by atoms with Crippen LogP contribution in [0.1, 0.15) is 34.0 Å². The summed E-state index contributed by atoms with van der Waals surface area (Å²) >= 11 is 0. The van der Waals surface area contributed by atoms with E-state index in [-0.39, 0.29) is 5.82 Å². The molecule has 4 aromatic carbocycles. The average Bonchev–Trinajstić information content (AvgIpc) is 3.31. The van der Waals surface area contributed by atoms with E-state index >= 15 is 4.39 Å². The van der Waals surface area contributed by atoms with Gasteiger partial charge in [0.05, 0.1) is 34.5 Å². The number of nitrogens with zero attached hydrogens (tertiary/aromatic N) is 5. The summed E-state index contributed by atoms with van der Waals surface area (Å²) in [5.41, 5.74) is 7.96. The molecule has 0 fully saturated rings. The van der Waals surface area contributed by atoms with Crippen molar-refractivity contribution >= 4 is 34.6 Å². The molecule has 0 unspecified atom stereocenters. The summed E-state index contributed by atoms with van der Waals surface area (Å²) in [6.07, 6.45) is 0. The normalized spacial score (nSPS) is 16.6. The smallest absolute Gasteiger partial charge is 0.179 e. The van der Waals surface area contributed by atoms with Gasteiger partial charge < -0.3 is 10.2 Å². The molecule has 0 bridgehead atoms. The van der Waals surface area contributed by atoms with Crippen molar-refractivity contribution in [3.05, 3.63) is 131 Å². The molecule has 0 aliphatic carbocycles. The fourth-order valence-electron chi connectivity index (χ4n) is 5.55. The minimum atomic E-state index is -0.506. The SMILES string of the molecule is Cc1cccc(N=C2Nc3ccccc3N3C2=Nc2c(c(C)nn2-c2ccccc2)[C@H]3c2ccccc2F)c1C. The molecule has 0 radical (unpaired) electrons. The van der Waals surface area contributed by atoms with Crippen molar-refractivity contribution in [1.29, 1.82) is 0 Å². The highest BCUT2D eigenvalue weighted by molar-refractivity contribution is 6.52. The van der Waals surface area contributed by atoms with Crippen LogP contribution in [0.15, 0.2) is 107 Å². The Hall–Kier alpha value is -5.04. The van der Waals surface area contributed by atoms with Crippen molar-refractivity contribution < 1.29 is 4.39 Å². The van der Waals surface area contributed by atoms with Crippen LogP contribution in [0.2, 0.25) is 0 Å². The first-order valence-electron chi connectivity index (χ1n) is 13.3. The van der Waals surface area contributed by atoms with Gasteiger partial charge in [0.15, 0.2) is 17.5 Å². The molecule has 7 rings (SSSR count). The van der Waals surface area contributed by atoms with Gasteiger partial charge in [-0.15, -0.1) is 0 Å². The summed E-state index contributed by atoms with van der Waals surface area (Å²) in [7, 11) is 0. The maximum atomic E-state index is 15.7. The van der Waals surface area contributed by atoms with Crippen molar-refractivity contribution in [1.82, 2.24) is 9.78 Å². The molecular formula is C33H27FN6. The van der Waals surface area contributed by atoms with Gasteiger partial charge in [0.25, 0.3) is 0 Å². The van der Waals surface area contributed by atoms with Crippen molar-refractivity contribution in [2.45, 2.75) is 26.8 Å². The molecule has 40 heavy (non-hydrogen) atoms. The Morgan fingerprint density at radius 3 is 2.40 bits per heavy atom. The fraction of sp³-hybridized carbons (Fsp3) is 0.121. The van der Waals surface area contributed by atoms with Crippen LogP contribution in [-0.2, 0) is 0 Å². The van der Waals surface area contributed by atoms with Crippen LogP contribution in [0.25, 0.3) is 5.69 Å². The zero-order valence-corrected chi connectivity index (χ0v) is 22.4. The number of hydrogen-bond donors (Lipinski definition) is 1. The number of aryl methyl sites for hydroxylation is 2. The number of para-hydroxylation sites is 3. The highest BCUT2D eigenvalue weighted by Gasteiger charge is 2.42. The summed E-state index contributed by atoms with van der Waals surface area (Å²) < 4.78 is 17.5. The predicted molar refractivity (Wildman–Crippen MR) is 159 cm³/mol. The van der Waals surface area contributed by atoms with Gasteiger partial charge in [-0.2, -0.15) is 5.10 Å². The Morgan fingerprint density at radius 2 is 1.57 bits per heavy atom. The number of rotatable bonds is 3. The zero-order valence-electron chi connectivity index (χ0n) is 22.4. The second kappa shape index (κ2) is 9.31. The molecule has 2 aliphatic heterocycles. The van der Waals surface area contributed by atoms with Crippen LogP contribution in [0.3, 0.4) is 0 Å². The number of halogens is 1. The molecule has 0 amide bonds. The van der Waals surface area contributed by atoms with Crippen molar-refractivity contribution in [2.24, 2.45) is 9.98 Å². The van der Waals surface area contributed by atoms with E-state index in [1.807, 2.05) is 90.5 Å². The van der Waals surface area contributed by atoms with E-state index in [9.17, 15) is 0 Å². The second-order valence-electron chi connectivity index (χ2n) is 10.1. The third kappa shape index (κ3) is 3.73. The van der Waals surface area contributed by atoms with E-state index in [0.717, 1.165) is 45.1 Å². The van der Waals surface area contributed by atoms with E-state index in [2.05, 4.69) is 30.1 Å². The number of benzene rings is 4. The van der Waals surface area contributed by atoms with E-state index < -0.39 is 6.04 Å². The fourth-order valence-corrected chi connectivity index (χ4v) is 5.55. The Balaban J connectivity index is 1.55. The number of aromatic nitrogens is 2. The molecule has 2 aliphatic rings. The molecule has 0 saturated heterocycles. The largest absolute Gasteiger partial charge is 0.335 e. The Kier molecular flexibility index (Phi) is 5.59. The molecule has 3 heterocycles. The third-order valence-corrected chi connectivity index (χ3v) is 7.69. The summed E-state index contributed by atoms with van der Waals surface area (Å²) in [6.45, 7) is 6.11. The van der Waals surface area contributed by atoms with Crippen molar-refractivity contribution in [3.8, 4) is 5.69 Å². The summed E-state index contributed by atoms with van der Waals surface area (Å²) in [5, 5.41) is 8.45. The van der Waals surface area contributed by atoms with Crippen LogP contribution in [0.5, 0.6) is 0 Å². The molecule has 6 nitrogen and oxygen atoms in total. The highest BCUT2D eigenvalue weighted by Crippen LogP contribution is 2.48. The number of amidine groups is 2. The molecule has 1 atom stereocenters. The van der Waals surface area contributed by atoms with Crippen LogP contribution in [-0.4, -0.2) is 21.5 Å². The van der Waals surface area contributed by atoms with Crippen molar-refractivity contribution in [2.75, 3.05) is 10.2 Å². The van der Waals surface area contributed by atoms with Crippen LogP contribution < -0.4 is 10.2 Å². The zero-order chi connectivity index (χ0) is 27.4. The minimum absolute atomic E-state index is 0.282. The quantitative estimate of drug-likeness (QED) is 0.262. The maximum absolute atomic E-state index is 15.7. The van der Waals surface area contributed by atoms with Crippen LogP contribution in [0, 0.1) is 26.6 Å². The third-order valence-electron chi connectivity index (χ3n) is 7.69. The standard InChI is InChI=1S/C33H27FN6/c1-20-12-11-18-26(21(20)2)35-31-33-37-32-29(22(3)38-40(32)23-13-5-4-6-14-23)30(24-15-7-8-16-25(24)34)39(33)28-19-10-9-17-27(28)36-31/h4-19,30H,1-3H3,(H,35,36)/t30-/m1/s1. The molecule has 7 heteroatoms. The second-order valence-corrected chi connectivity index (χ2v) is 10.1. The molecule has 1 aromatic heterocycles. The lowest BCUT2D eigenvalue weighted by atomic mass is 9.92. The van der Waals surface area contributed by atoms with Gasteiger partial charge in [-0.25, -0.2) is 19.1 Å². The van der Waals surface area contributed by atoms with E-state index in [4.69, 9.17) is 15.1 Å². The number of fused-ring (bicyclic) bond motifs is 4. The first kappa shape index (κ1) is 24.0. The van der Waals surface area contributed by atoms with Gasteiger partial charge in [-0.05, 0) is 68.3 Å². The van der Waals surface area contributed by atoms with E-state index in [1.54, 1.807) is 6.07 Å². The van der Waals surface area contributed by atoms with Gasteiger partial charge in [0.1, 0.15) is 5.82 Å². The van der Waals surface area contributed by atoms with Crippen molar-refractivity contribution in [3.63, 3.8) is 0 Å². The number of hydrogen-bond acceptors (Lipinski definition) is 4. The summed E-state index contributed by atoms with van der Waals surface area (Å²) in [4.78, 5) is 12.4. The highest BCUT2D eigenvalue weighted by atomic mass is 19.1. The molecular weight excluding hydrogens is 499 g/mol. The first-order valence-corrected chi connectivity index (χ1v) is 13.3. The van der Waals surface area contributed by atoms with E-state index in [1.165, 1.54) is 6.07 Å². The lowest BCUT2D eigenvalue weighted by Crippen LogP contribution is -2.48. The number of aliphatic imine (C=N–C) groups is 2. The lowest BCUT2D eigenvalue weighted by Gasteiger charge is -2.42. The minimum Gasteiger partial charge on any atom is -0.335 e. The van der Waals surface area contributed by atoms with Gasteiger partial charge in [-0.3, -0.25) is 0 Å². The topological polar surface area (TPSA) is 57.8 Å². The molecule has 196 valence electrons. The van der Waals surface area contributed by atoms with Gasteiger partial charge in [0, 0.05) is 11.1 Å². The Labute approximate surface area is 232 Å². The van der Waals surface area contributed by atoms with E-state index in [0.29, 0.717) is 23.1 Å². The number of nitrogens with one attached hydrogen (secondary N) is 1. The predicted octanol–water partition coefficient (Wildman–Crippen LogP) is 7.73. The van der Waals surface area contributed by atoms with Gasteiger partial charge in [-0.1, -0.05) is 60.7 Å². The summed E-state index contributed by atoms with van der Waals surface area (Å²) in [5.74, 6) is 1.59. The molecule has 0 saturated carbocycles. The van der Waals surface area contributed by atoms with Crippen LogP contribution in [0.4, 0.5) is 27.3 Å². The average molecular weight is 527 g/mol. The Morgan fingerprint density at radius 1 is 0.825 bits per heavy atom. The van der Waals surface area contributed by atoms with Crippen LogP contribution >= 0.6 is 0 Å². The van der Waals surface area contributed by atoms with Gasteiger partial charge in [0.2, 0.25) is 0 Å². The summed E-state index contributed by atoms with van der Waals surface area (Å²) in [6, 6.07) is 30.5. The molecule has 1 N–H and O–H groups in total. The number of anilines is 2. The first-order chi connectivity index (χ1) is 19.5. The Bertz CT molecular complexity index is 1840. The lowest BCUT2D eigenvalue weighted by molar-refractivity contribution is 0.597. The maximum Gasteiger partial charge on any atom is 0.179 e. The molecule has 5 aromatic rings. The van der Waals surface area contributed by atoms with Gasteiger partial charge >= 0.3 is 0 Å². The monoisotopic (exact) mass is 526 g/mol.